The summed E-state index contributed by atoms with van der Waals surface area (Å²) in [7, 11) is 0. The molecule has 0 radical (unpaired) electrons. The fourth-order valence-electron chi connectivity index (χ4n) is 0.803. The zero-order chi connectivity index (χ0) is 8.15. The summed E-state index contributed by atoms with van der Waals surface area (Å²) in [6, 6.07) is 0.110. The minimum Gasteiger partial charge on any atom is -0.352 e. The second kappa shape index (κ2) is 4.56. The Labute approximate surface area is 66.9 Å². The Hall–Kier alpha value is -0.240. The predicted octanol–water partition coefficient (Wildman–Crippen LogP) is 1.53. The van der Waals surface area contributed by atoms with Gasteiger partial charge in [0.2, 0.25) is 5.91 Å². The molecule has 0 aromatic heterocycles. The lowest BCUT2D eigenvalue weighted by molar-refractivity contribution is -0.119. The van der Waals surface area contributed by atoms with Gasteiger partial charge in [-0.1, -0.05) is 6.92 Å². The molecule has 0 fully saturated rings. The van der Waals surface area contributed by atoms with E-state index in [1.165, 1.54) is 6.92 Å². The van der Waals surface area contributed by atoms with E-state index in [2.05, 4.69) is 5.32 Å². The van der Waals surface area contributed by atoms with Gasteiger partial charge in [0.15, 0.2) is 0 Å². The van der Waals surface area contributed by atoms with Crippen LogP contribution in [0.2, 0.25) is 0 Å². The third-order valence-corrected chi connectivity index (χ3v) is 1.69. The van der Waals surface area contributed by atoms with Gasteiger partial charge in [0.1, 0.15) is 0 Å². The van der Waals surface area contributed by atoms with Gasteiger partial charge in [-0.25, -0.2) is 0 Å². The second-order valence-electron chi connectivity index (χ2n) is 2.39. The minimum absolute atomic E-state index is 0.00824. The summed E-state index contributed by atoms with van der Waals surface area (Å²) >= 11 is 5.77. The van der Waals surface area contributed by atoms with E-state index < -0.39 is 0 Å². The molecule has 3 heteroatoms. The number of hydrogen-bond donors (Lipinski definition) is 1. The number of rotatable bonds is 3. The number of nitrogens with one attached hydrogen (secondary N) is 1. The van der Waals surface area contributed by atoms with Crippen molar-refractivity contribution in [2.45, 2.75) is 38.6 Å². The van der Waals surface area contributed by atoms with Crippen LogP contribution < -0.4 is 5.32 Å². The van der Waals surface area contributed by atoms with E-state index >= 15 is 0 Å². The van der Waals surface area contributed by atoms with Crippen molar-refractivity contribution in [3.8, 4) is 0 Å². The van der Waals surface area contributed by atoms with E-state index in [4.69, 9.17) is 11.6 Å². The number of alkyl halides is 1. The zero-order valence-corrected chi connectivity index (χ0v) is 7.40. The van der Waals surface area contributed by atoms with E-state index in [0.717, 1.165) is 6.42 Å². The molecule has 0 aliphatic carbocycles. The van der Waals surface area contributed by atoms with E-state index in [0.29, 0.717) is 0 Å². The minimum atomic E-state index is -0.0145. The van der Waals surface area contributed by atoms with Gasteiger partial charge in [0.05, 0.1) is 5.38 Å². The van der Waals surface area contributed by atoms with E-state index in [1.54, 1.807) is 0 Å². The molecule has 0 aromatic carbocycles. The second-order valence-corrected chi connectivity index (χ2v) is 3.08. The number of carbonyl (C=O) groups excluding carboxylic acids is 1. The molecule has 0 bridgehead atoms. The highest BCUT2D eigenvalue weighted by atomic mass is 35.5. The van der Waals surface area contributed by atoms with Gasteiger partial charge >= 0.3 is 0 Å². The van der Waals surface area contributed by atoms with Crippen LogP contribution in [0.25, 0.3) is 0 Å². The van der Waals surface area contributed by atoms with Crippen LogP contribution in [0, 0.1) is 0 Å². The molecule has 1 N–H and O–H groups in total. The maximum absolute atomic E-state index is 10.5. The van der Waals surface area contributed by atoms with Crippen molar-refractivity contribution in [2.24, 2.45) is 0 Å². The van der Waals surface area contributed by atoms with Crippen molar-refractivity contribution in [3.05, 3.63) is 0 Å². The summed E-state index contributed by atoms with van der Waals surface area (Å²) in [6.07, 6.45) is 0.879. The monoisotopic (exact) mass is 163 g/mol. The highest BCUT2D eigenvalue weighted by molar-refractivity contribution is 6.20. The Morgan fingerprint density at radius 3 is 2.30 bits per heavy atom. The first-order valence-corrected chi connectivity index (χ1v) is 3.92. The van der Waals surface area contributed by atoms with E-state index in [9.17, 15) is 4.79 Å². The van der Waals surface area contributed by atoms with Crippen LogP contribution >= 0.6 is 11.6 Å². The average Bonchev–Trinajstić information content (AvgIpc) is 1.81. The highest BCUT2D eigenvalue weighted by Gasteiger charge is 2.12. The first-order chi connectivity index (χ1) is 4.57. The summed E-state index contributed by atoms with van der Waals surface area (Å²) in [6.45, 7) is 5.38. The van der Waals surface area contributed by atoms with Crippen LogP contribution in [0.4, 0.5) is 0 Å². The molecule has 0 aliphatic rings. The highest BCUT2D eigenvalue weighted by Crippen LogP contribution is 2.04. The summed E-state index contributed by atoms with van der Waals surface area (Å²) in [5.74, 6) is -0.0145. The van der Waals surface area contributed by atoms with E-state index in [-0.39, 0.29) is 17.3 Å². The first-order valence-electron chi connectivity index (χ1n) is 3.49. The van der Waals surface area contributed by atoms with Crippen LogP contribution in [0.3, 0.4) is 0 Å². The summed E-state index contributed by atoms with van der Waals surface area (Å²) in [5, 5.41) is 2.77. The van der Waals surface area contributed by atoms with Crippen molar-refractivity contribution >= 4 is 17.5 Å². The predicted molar refractivity (Wildman–Crippen MR) is 43.2 cm³/mol. The third-order valence-electron chi connectivity index (χ3n) is 1.38. The molecule has 60 valence electrons. The molecule has 0 rings (SSSR count). The molecule has 1 amide bonds. The number of hydrogen-bond acceptors (Lipinski definition) is 1. The maximum Gasteiger partial charge on any atom is 0.217 e. The molecule has 0 heterocycles. The molecule has 0 aliphatic heterocycles. The van der Waals surface area contributed by atoms with Crippen molar-refractivity contribution in [2.75, 3.05) is 0 Å². The van der Waals surface area contributed by atoms with Crippen LogP contribution in [-0.4, -0.2) is 17.3 Å². The average molecular weight is 164 g/mol. The molecule has 2 nitrogen and oxygen atoms in total. The molecule has 2 atom stereocenters. The standard InChI is InChI=1S/C7H14ClNO/c1-4-7(5(2)8)9-6(3)10/h5,7H,4H2,1-3H3,(H,9,10). The summed E-state index contributed by atoms with van der Waals surface area (Å²) in [5.41, 5.74) is 0. The summed E-state index contributed by atoms with van der Waals surface area (Å²) in [4.78, 5) is 10.5. The van der Waals surface area contributed by atoms with Gasteiger partial charge in [-0.15, -0.1) is 11.6 Å². The number of amides is 1. The molecule has 10 heavy (non-hydrogen) atoms. The smallest absolute Gasteiger partial charge is 0.217 e. The maximum atomic E-state index is 10.5. The molecule has 0 saturated carbocycles. The normalized spacial score (nSPS) is 16.0. The molecule has 0 spiro atoms. The van der Waals surface area contributed by atoms with Gasteiger partial charge in [-0.3, -0.25) is 4.79 Å². The van der Waals surface area contributed by atoms with Gasteiger partial charge in [-0.2, -0.15) is 0 Å². The molecular weight excluding hydrogens is 150 g/mol. The van der Waals surface area contributed by atoms with Crippen molar-refractivity contribution in [3.63, 3.8) is 0 Å². The van der Waals surface area contributed by atoms with Crippen LogP contribution in [0.1, 0.15) is 27.2 Å². The van der Waals surface area contributed by atoms with Crippen LogP contribution in [-0.2, 0) is 4.79 Å². The van der Waals surface area contributed by atoms with Crippen LogP contribution in [0.5, 0.6) is 0 Å². The Kier molecular flexibility index (Phi) is 4.45. The Morgan fingerprint density at radius 1 is 1.70 bits per heavy atom. The Balaban J connectivity index is 3.71. The van der Waals surface area contributed by atoms with Crippen molar-refractivity contribution in [1.82, 2.24) is 5.32 Å². The van der Waals surface area contributed by atoms with E-state index in [1.807, 2.05) is 13.8 Å². The van der Waals surface area contributed by atoms with Gasteiger partial charge in [0, 0.05) is 13.0 Å². The summed E-state index contributed by atoms with van der Waals surface area (Å²) < 4.78 is 0. The van der Waals surface area contributed by atoms with Crippen molar-refractivity contribution in [1.29, 1.82) is 0 Å². The number of carbonyl (C=O) groups is 1. The number of halogens is 1. The molecule has 0 aromatic rings. The Morgan fingerprint density at radius 2 is 2.20 bits per heavy atom. The van der Waals surface area contributed by atoms with Crippen LogP contribution in [0.15, 0.2) is 0 Å². The first kappa shape index (κ1) is 9.76. The SMILES string of the molecule is CCC(NC(C)=O)C(C)Cl. The Bertz CT molecular complexity index is 114. The largest absolute Gasteiger partial charge is 0.352 e. The molecule has 2 unspecified atom stereocenters. The fourth-order valence-corrected chi connectivity index (χ4v) is 1.04. The van der Waals surface area contributed by atoms with Gasteiger partial charge in [0.25, 0.3) is 0 Å². The lowest BCUT2D eigenvalue weighted by Gasteiger charge is -2.17. The van der Waals surface area contributed by atoms with Crippen molar-refractivity contribution < 1.29 is 4.79 Å². The van der Waals surface area contributed by atoms with Gasteiger partial charge in [-0.05, 0) is 13.3 Å². The third kappa shape index (κ3) is 3.72. The van der Waals surface area contributed by atoms with Gasteiger partial charge < -0.3 is 5.32 Å². The quantitative estimate of drug-likeness (QED) is 0.629. The molecular formula is C7H14ClNO. The lowest BCUT2D eigenvalue weighted by Crippen LogP contribution is -2.38. The lowest BCUT2D eigenvalue weighted by atomic mass is 10.2. The fraction of sp³-hybridized carbons (Fsp3) is 0.857. The molecule has 0 saturated heterocycles. The topological polar surface area (TPSA) is 29.1 Å². The zero-order valence-electron chi connectivity index (χ0n) is 6.65.